The van der Waals surface area contributed by atoms with Gasteiger partial charge in [-0.05, 0) is 59.6 Å². The standard InChI is InChI=1S/C28H32F6O3S/c1-15-18-11-19(25(4,5)6)12-20(15)22-23(27(31,32)28(33,34)26(22,29)30)24-16(2)21(17(3)38-24)14-37-10-8-35-7-9-36-13-18/h11-12H,7-10,13-14H2,1-6H3. The zero-order valence-corrected chi connectivity index (χ0v) is 23.1. The highest BCUT2D eigenvalue weighted by Gasteiger charge is 2.80. The molecule has 4 bridgehead atoms. The minimum Gasteiger partial charge on any atom is -0.377 e. The lowest BCUT2D eigenvalue weighted by molar-refractivity contribution is -0.254. The smallest absolute Gasteiger partial charge is 0.377 e. The summed E-state index contributed by atoms with van der Waals surface area (Å²) >= 11 is 0.805. The Labute approximate surface area is 222 Å². The van der Waals surface area contributed by atoms with E-state index in [9.17, 15) is 0 Å². The average molecular weight is 563 g/mol. The molecule has 3 nitrogen and oxygen atoms in total. The van der Waals surface area contributed by atoms with Crippen LogP contribution in [0.5, 0.6) is 0 Å². The molecule has 0 radical (unpaired) electrons. The first-order chi connectivity index (χ1) is 17.5. The molecule has 1 aliphatic heterocycles. The van der Waals surface area contributed by atoms with E-state index in [0.717, 1.165) is 11.3 Å². The maximum atomic E-state index is 15.6. The zero-order valence-electron chi connectivity index (χ0n) is 22.3. The van der Waals surface area contributed by atoms with Gasteiger partial charge < -0.3 is 14.2 Å². The molecule has 2 aliphatic rings. The van der Waals surface area contributed by atoms with Crippen molar-refractivity contribution in [1.82, 2.24) is 0 Å². The summed E-state index contributed by atoms with van der Waals surface area (Å²) in [6.07, 6.45) is 0. The van der Waals surface area contributed by atoms with Gasteiger partial charge in [-0.3, -0.25) is 0 Å². The van der Waals surface area contributed by atoms with Crippen molar-refractivity contribution in [2.24, 2.45) is 0 Å². The normalized spacial score (nSPS) is 21.8. The molecule has 38 heavy (non-hydrogen) atoms. The Morgan fingerprint density at radius 3 is 1.89 bits per heavy atom. The molecule has 0 saturated carbocycles. The first-order valence-electron chi connectivity index (χ1n) is 12.4. The molecular formula is C28H32F6O3S. The Kier molecular flexibility index (Phi) is 7.62. The Balaban J connectivity index is 2.11. The van der Waals surface area contributed by atoms with Crippen LogP contribution >= 0.6 is 11.3 Å². The Morgan fingerprint density at radius 2 is 1.29 bits per heavy atom. The molecule has 210 valence electrons. The number of alkyl halides is 6. The lowest BCUT2D eigenvalue weighted by Gasteiger charge is -2.27. The number of hydrogen-bond donors (Lipinski definition) is 0. The van der Waals surface area contributed by atoms with Crippen LogP contribution < -0.4 is 0 Å². The molecule has 1 aromatic carbocycles. The number of allylic oxidation sites excluding steroid dienone is 2. The molecule has 0 amide bonds. The first kappa shape index (κ1) is 29.1. The second-order valence-electron chi connectivity index (χ2n) is 10.8. The van der Waals surface area contributed by atoms with Crippen LogP contribution in [0.15, 0.2) is 12.1 Å². The van der Waals surface area contributed by atoms with Crippen LogP contribution in [0.2, 0.25) is 0 Å². The SMILES string of the molecule is Cc1sc2c(C)c1COCCOCCOCc1cc(C(C)(C)C)cc(c1C)C1=C2C(F)(F)C(F)(F)C1(F)F. The van der Waals surface area contributed by atoms with Crippen LogP contribution in [0.25, 0.3) is 11.1 Å². The molecule has 0 atom stereocenters. The van der Waals surface area contributed by atoms with Crippen LogP contribution in [-0.2, 0) is 32.8 Å². The average Bonchev–Trinajstić information content (AvgIpc) is 3.13. The number of benzene rings is 1. The maximum absolute atomic E-state index is 15.6. The number of hydrogen-bond acceptors (Lipinski definition) is 4. The predicted octanol–water partition coefficient (Wildman–Crippen LogP) is 7.86. The van der Waals surface area contributed by atoms with Crippen LogP contribution in [0.4, 0.5) is 26.3 Å². The summed E-state index contributed by atoms with van der Waals surface area (Å²) in [6.45, 7) is 11.0. The summed E-state index contributed by atoms with van der Waals surface area (Å²) in [6, 6.07) is 3.10. The van der Waals surface area contributed by atoms with E-state index in [2.05, 4.69) is 0 Å². The molecule has 0 N–H and O–H groups in total. The quantitative estimate of drug-likeness (QED) is 0.306. The zero-order chi connectivity index (χ0) is 28.3. The molecule has 0 fully saturated rings. The number of thiophene rings is 1. The molecule has 4 rings (SSSR count). The van der Waals surface area contributed by atoms with E-state index in [0.29, 0.717) is 21.6 Å². The van der Waals surface area contributed by atoms with Gasteiger partial charge in [0.15, 0.2) is 0 Å². The van der Waals surface area contributed by atoms with Crippen molar-refractivity contribution in [3.05, 3.63) is 55.3 Å². The van der Waals surface area contributed by atoms with Crippen molar-refractivity contribution >= 4 is 22.5 Å². The van der Waals surface area contributed by atoms with Crippen LogP contribution in [0.1, 0.15) is 63.9 Å². The second kappa shape index (κ2) is 9.94. The van der Waals surface area contributed by atoms with E-state index in [4.69, 9.17) is 14.2 Å². The van der Waals surface area contributed by atoms with Crippen molar-refractivity contribution in [2.75, 3.05) is 26.4 Å². The first-order valence-corrected chi connectivity index (χ1v) is 13.2. The molecule has 2 heterocycles. The van der Waals surface area contributed by atoms with Crippen molar-refractivity contribution in [2.45, 2.75) is 77.9 Å². The van der Waals surface area contributed by atoms with Gasteiger partial charge in [0.25, 0.3) is 0 Å². The van der Waals surface area contributed by atoms with Gasteiger partial charge in [-0.25, -0.2) is 0 Å². The maximum Gasteiger partial charge on any atom is 0.380 e. The van der Waals surface area contributed by atoms with Crippen molar-refractivity contribution < 1.29 is 40.6 Å². The van der Waals surface area contributed by atoms with E-state index in [-0.39, 0.29) is 61.2 Å². The van der Waals surface area contributed by atoms with Gasteiger partial charge in [-0.15, -0.1) is 11.3 Å². The monoisotopic (exact) mass is 562 g/mol. The molecule has 1 aliphatic carbocycles. The Hall–Kier alpha value is -1.88. The molecule has 0 unspecified atom stereocenters. The summed E-state index contributed by atoms with van der Waals surface area (Å²) < 4.78 is 109. The largest absolute Gasteiger partial charge is 0.380 e. The summed E-state index contributed by atoms with van der Waals surface area (Å²) in [5.74, 6) is -15.8. The fraction of sp³-hybridized carbons (Fsp3) is 0.571. The number of halogens is 6. The molecular weight excluding hydrogens is 530 g/mol. The fourth-order valence-corrected chi connectivity index (χ4v) is 6.09. The topological polar surface area (TPSA) is 27.7 Å². The summed E-state index contributed by atoms with van der Waals surface area (Å²) in [5, 5.41) is 0. The summed E-state index contributed by atoms with van der Waals surface area (Å²) in [5.41, 5.74) is -1.62. The van der Waals surface area contributed by atoms with E-state index >= 15 is 26.3 Å². The van der Waals surface area contributed by atoms with Gasteiger partial charge in [-0.2, -0.15) is 26.3 Å². The van der Waals surface area contributed by atoms with Crippen LogP contribution in [-0.4, -0.2) is 44.2 Å². The van der Waals surface area contributed by atoms with Gasteiger partial charge in [0.2, 0.25) is 0 Å². The number of ether oxygens (including phenoxy) is 3. The molecule has 0 spiro atoms. The van der Waals surface area contributed by atoms with Crippen LogP contribution in [0, 0.1) is 20.8 Å². The molecule has 1 aromatic heterocycles. The van der Waals surface area contributed by atoms with Crippen LogP contribution in [0.3, 0.4) is 0 Å². The van der Waals surface area contributed by atoms with Gasteiger partial charge in [0.05, 0.1) is 45.2 Å². The Bertz CT molecular complexity index is 1260. The van der Waals surface area contributed by atoms with E-state index < -0.39 is 34.3 Å². The highest BCUT2D eigenvalue weighted by atomic mass is 32.1. The highest BCUT2D eigenvalue weighted by molar-refractivity contribution is 7.13. The van der Waals surface area contributed by atoms with Gasteiger partial charge in [0.1, 0.15) is 0 Å². The van der Waals surface area contributed by atoms with E-state index in [1.165, 1.54) is 19.9 Å². The minimum absolute atomic E-state index is 0.0116. The third kappa shape index (κ3) is 4.61. The lowest BCUT2D eigenvalue weighted by atomic mass is 9.81. The summed E-state index contributed by atoms with van der Waals surface area (Å²) in [4.78, 5) is 0.256. The van der Waals surface area contributed by atoms with E-state index in [1.807, 2.05) is 20.8 Å². The number of rotatable bonds is 0. The van der Waals surface area contributed by atoms with Gasteiger partial charge >= 0.3 is 17.8 Å². The van der Waals surface area contributed by atoms with E-state index in [1.54, 1.807) is 13.0 Å². The summed E-state index contributed by atoms with van der Waals surface area (Å²) in [7, 11) is 0. The van der Waals surface area contributed by atoms with Gasteiger partial charge in [-0.1, -0.05) is 32.9 Å². The molecule has 2 aromatic rings. The molecule has 0 saturated heterocycles. The predicted molar refractivity (Wildman–Crippen MR) is 135 cm³/mol. The van der Waals surface area contributed by atoms with Crippen molar-refractivity contribution in [3.8, 4) is 0 Å². The number of aryl methyl sites for hydroxylation is 1. The Morgan fingerprint density at radius 1 is 0.737 bits per heavy atom. The third-order valence-corrected chi connectivity index (χ3v) is 8.53. The molecule has 10 heteroatoms. The van der Waals surface area contributed by atoms with Crippen molar-refractivity contribution in [3.63, 3.8) is 0 Å². The number of fused-ring (bicyclic) bond motifs is 6. The minimum atomic E-state index is -5.62. The second-order valence-corrected chi connectivity index (χ2v) is 12.1. The lowest BCUT2D eigenvalue weighted by Crippen LogP contribution is -2.49. The van der Waals surface area contributed by atoms with Crippen molar-refractivity contribution in [1.29, 1.82) is 0 Å². The third-order valence-electron chi connectivity index (χ3n) is 7.27. The fourth-order valence-electron chi connectivity index (χ4n) is 4.84. The highest BCUT2D eigenvalue weighted by Crippen LogP contribution is 2.66. The van der Waals surface area contributed by atoms with Gasteiger partial charge in [0, 0.05) is 15.3 Å².